The molecule has 1 aliphatic rings. The molecule has 2 aromatic rings. The molecule has 1 fully saturated rings. The third kappa shape index (κ3) is 4.13. The van der Waals surface area contributed by atoms with E-state index >= 15 is 0 Å². The van der Waals surface area contributed by atoms with E-state index in [1.807, 2.05) is 4.90 Å². The predicted molar refractivity (Wildman–Crippen MR) is 94.5 cm³/mol. The van der Waals surface area contributed by atoms with E-state index in [2.05, 4.69) is 43.4 Å². The van der Waals surface area contributed by atoms with Gasteiger partial charge in [-0.15, -0.1) is 0 Å². The van der Waals surface area contributed by atoms with Crippen LogP contribution in [0.3, 0.4) is 0 Å². The average Bonchev–Trinajstić information content (AvgIpc) is 3.40. The third-order valence-electron chi connectivity index (χ3n) is 4.34. The number of halogens is 1. The van der Waals surface area contributed by atoms with Gasteiger partial charge in [-0.2, -0.15) is 0 Å². The maximum Gasteiger partial charge on any atom is 0.322 e. The van der Waals surface area contributed by atoms with Crippen LogP contribution in [0.25, 0.3) is 0 Å². The van der Waals surface area contributed by atoms with Gasteiger partial charge in [0.05, 0.1) is 0 Å². The Morgan fingerprint density at radius 2 is 1.75 bits per heavy atom. The lowest BCUT2D eigenvalue weighted by atomic mass is 10.0. The van der Waals surface area contributed by atoms with Gasteiger partial charge in [-0.3, -0.25) is 0 Å². The van der Waals surface area contributed by atoms with E-state index in [0.29, 0.717) is 24.2 Å². The normalized spacial score (nSPS) is 13.8. The van der Waals surface area contributed by atoms with Crippen LogP contribution in [0.1, 0.15) is 43.7 Å². The molecule has 1 N–H and O–H groups in total. The second-order valence-corrected chi connectivity index (χ2v) is 6.69. The second-order valence-electron chi connectivity index (χ2n) is 6.69. The Morgan fingerprint density at radius 1 is 1.12 bits per heavy atom. The SMILES string of the molecule is CC(C)c1ccc(CN(C(=O)Nc2ccc(F)cc2)C2CC2)cc1. The van der Waals surface area contributed by atoms with Crippen molar-refractivity contribution in [3.05, 3.63) is 65.5 Å². The number of rotatable bonds is 5. The number of urea groups is 1. The Balaban J connectivity index is 1.68. The molecule has 0 aliphatic heterocycles. The average molecular weight is 326 g/mol. The van der Waals surface area contributed by atoms with Gasteiger partial charge >= 0.3 is 6.03 Å². The molecule has 0 aromatic heterocycles. The first-order valence-electron chi connectivity index (χ1n) is 8.45. The van der Waals surface area contributed by atoms with Crippen LogP contribution in [-0.4, -0.2) is 17.0 Å². The first-order valence-corrected chi connectivity index (χ1v) is 8.45. The minimum absolute atomic E-state index is 0.128. The van der Waals surface area contributed by atoms with Gasteiger partial charge in [0.2, 0.25) is 0 Å². The summed E-state index contributed by atoms with van der Waals surface area (Å²) in [5.41, 5.74) is 3.04. The van der Waals surface area contributed by atoms with Gasteiger partial charge in [0, 0.05) is 18.3 Å². The van der Waals surface area contributed by atoms with Crippen LogP contribution in [0, 0.1) is 5.82 Å². The molecule has 1 saturated carbocycles. The summed E-state index contributed by atoms with van der Waals surface area (Å²) in [5, 5.41) is 2.86. The van der Waals surface area contributed by atoms with Crippen LogP contribution in [0.15, 0.2) is 48.5 Å². The molecule has 0 bridgehead atoms. The first kappa shape index (κ1) is 16.5. The van der Waals surface area contributed by atoms with Crippen molar-refractivity contribution in [1.29, 1.82) is 0 Å². The summed E-state index contributed by atoms with van der Waals surface area (Å²) < 4.78 is 13.0. The van der Waals surface area contributed by atoms with E-state index in [1.54, 1.807) is 12.1 Å². The smallest absolute Gasteiger partial charge is 0.317 e. The highest BCUT2D eigenvalue weighted by Gasteiger charge is 2.32. The third-order valence-corrected chi connectivity index (χ3v) is 4.34. The Kier molecular flexibility index (Phi) is 4.84. The molecule has 2 aromatic carbocycles. The lowest BCUT2D eigenvalue weighted by Crippen LogP contribution is -2.36. The van der Waals surface area contributed by atoms with E-state index in [0.717, 1.165) is 18.4 Å². The fourth-order valence-corrected chi connectivity index (χ4v) is 2.69. The van der Waals surface area contributed by atoms with Crippen molar-refractivity contribution >= 4 is 11.7 Å². The van der Waals surface area contributed by atoms with Gasteiger partial charge < -0.3 is 10.2 Å². The number of benzene rings is 2. The number of hydrogen-bond donors (Lipinski definition) is 1. The summed E-state index contributed by atoms with van der Waals surface area (Å²) in [6.45, 7) is 4.93. The number of anilines is 1. The van der Waals surface area contributed by atoms with Crippen LogP contribution < -0.4 is 5.32 Å². The second kappa shape index (κ2) is 7.04. The lowest BCUT2D eigenvalue weighted by Gasteiger charge is -2.23. The van der Waals surface area contributed by atoms with Gasteiger partial charge in [0.25, 0.3) is 0 Å². The standard InChI is InChI=1S/C20H23FN2O/c1-14(2)16-5-3-15(4-6-16)13-23(19-11-12-19)20(24)22-18-9-7-17(21)8-10-18/h3-10,14,19H,11-13H2,1-2H3,(H,22,24). The molecule has 3 rings (SSSR count). The van der Waals surface area contributed by atoms with Gasteiger partial charge in [-0.25, -0.2) is 9.18 Å². The molecule has 0 atom stereocenters. The number of hydrogen-bond acceptors (Lipinski definition) is 1. The molecule has 0 heterocycles. The molecule has 3 nitrogen and oxygen atoms in total. The van der Waals surface area contributed by atoms with E-state index < -0.39 is 0 Å². The van der Waals surface area contributed by atoms with Crippen molar-refractivity contribution < 1.29 is 9.18 Å². The molecule has 0 saturated heterocycles. The fourth-order valence-electron chi connectivity index (χ4n) is 2.69. The largest absolute Gasteiger partial charge is 0.322 e. The molecule has 24 heavy (non-hydrogen) atoms. The number of carbonyl (C=O) groups is 1. The van der Waals surface area contributed by atoms with Crippen LogP contribution in [-0.2, 0) is 6.54 Å². The minimum atomic E-state index is -0.308. The number of nitrogens with zero attached hydrogens (tertiary/aromatic N) is 1. The molecule has 1 aliphatic carbocycles. The number of amides is 2. The summed E-state index contributed by atoms with van der Waals surface area (Å²) in [4.78, 5) is 14.4. The fraction of sp³-hybridized carbons (Fsp3) is 0.350. The summed E-state index contributed by atoms with van der Waals surface area (Å²) >= 11 is 0. The van der Waals surface area contributed by atoms with Crippen LogP contribution in [0.2, 0.25) is 0 Å². The van der Waals surface area contributed by atoms with Crippen molar-refractivity contribution in [3.63, 3.8) is 0 Å². The van der Waals surface area contributed by atoms with E-state index in [4.69, 9.17) is 0 Å². The van der Waals surface area contributed by atoms with Crippen LogP contribution >= 0.6 is 0 Å². The summed E-state index contributed by atoms with van der Waals surface area (Å²) in [5.74, 6) is 0.192. The van der Waals surface area contributed by atoms with Crippen molar-refractivity contribution in [2.24, 2.45) is 0 Å². The monoisotopic (exact) mass is 326 g/mol. The molecule has 0 radical (unpaired) electrons. The highest BCUT2D eigenvalue weighted by Crippen LogP contribution is 2.29. The topological polar surface area (TPSA) is 32.3 Å². The van der Waals surface area contributed by atoms with Gasteiger partial charge in [-0.05, 0) is 54.2 Å². The Labute approximate surface area is 142 Å². The van der Waals surface area contributed by atoms with Crippen molar-refractivity contribution in [3.8, 4) is 0 Å². The van der Waals surface area contributed by atoms with Crippen LogP contribution in [0.4, 0.5) is 14.9 Å². The van der Waals surface area contributed by atoms with Gasteiger partial charge in [0.15, 0.2) is 0 Å². The number of carbonyl (C=O) groups excluding carboxylic acids is 1. The highest BCUT2D eigenvalue weighted by atomic mass is 19.1. The molecular formula is C20H23FN2O. The van der Waals surface area contributed by atoms with Crippen molar-refractivity contribution in [2.75, 3.05) is 5.32 Å². The maximum absolute atomic E-state index is 13.0. The zero-order chi connectivity index (χ0) is 17.1. The molecule has 4 heteroatoms. The highest BCUT2D eigenvalue weighted by molar-refractivity contribution is 5.89. The Hall–Kier alpha value is -2.36. The zero-order valence-corrected chi connectivity index (χ0v) is 14.1. The minimum Gasteiger partial charge on any atom is -0.317 e. The molecule has 2 amide bonds. The van der Waals surface area contributed by atoms with E-state index in [1.165, 1.54) is 17.7 Å². The predicted octanol–water partition coefficient (Wildman–Crippen LogP) is 5.15. The Morgan fingerprint density at radius 3 is 2.29 bits per heavy atom. The summed E-state index contributed by atoms with van der Waals surface area (Å²) in [6.07, 6.45) is 2.09. The first-order chi connectivity index (χ1) is 11.5. The molecule has 0 unspecified atom stereocenters. The quantitative estimate of drug-likeness (QED) is 0.810. The maximum atomic E-state index is 13.0. The summed E-state index contributed by atoms with van der Waals surface area (Å²) in [7, 11) is 0. The van der Waals surface area contributed by atoms with E-state index in [9.17, 15) is 9.18 Å². The zero-order valence-electron chi connectivity index (χ0n) is 14.1. The van der Waals surface area contributed by atoms with Gasteiger partial charge in [0.1, 0.15) is 5.82 Å². The van der Waals surface area contributed by atoms with Crippen molar-refractivity contribution in [2.45, 2.75) is 45.2 Å². The van der Waals surface area contributed by atoms with Crippen molar-refractivity contribution in [1.82, 2.24) is 4.90 Å². The van der Waals surface area contributed by atoms with Crippen LogP contribution in [0.5, 0.6) is 0 Å². The Bertz CT molecular complexity index is 691. The number of nitrogens with one attached hydrogen (secondary N) is 1. The lowest BCUT2D eigenvalue weighted by molar-refractivity contribution is 0.206. The molecular weight excluding hydrogens is 303 g/mol. The summed E-state index contributed by atoms with van der Waals surface area (Å²) in [6, 6.07) is 14.5. The van der Waals surface area contributed by atoms with E-state index in [-0.39, 0.29) is 11.8 Å². The van der Waals surface area contributed by atoms with Gasteiger partial charge in [-0.1, -0.05) is 38.1 Å². The molecule has 0 spiro atoms. The molecule has 126 valence electrons.